The molecule has 12 heteroatoms. The number of ether oxygens (including phenoxy) is 3. The maximum absolute atomic E-state index is 12.9. The van der Waals surface area contributed by atoms with Gasteiger partial charge in [0.05, 0.1) is 37.0 Å². The minimum absolute atomic E-state index is 0.0999. The number of imide groups is 1. The summed E-state index contributed by atoms with van der Waals surface area (Å²) in [5.74, 6) is -0.750. The van der Waals surface area contributed by atoms with Gasteiger partial charge in [0.1, 0.15) is 11.6 Å². The molecule has 12 nitrogen and oxygen atoms in total. The Labute approximate surface area is 227 Å². The van der Waals surface area contributed by atoms with Crippen LogP contribution in [0.4, 0.5) is 4.79 Å². The predicted octanol–water partition coefficient (Wildman–Crippen LogP) is 1.10. The van der Waals surface area contributed by atoms with Crippen molar-refractivity contribution in [2.75, 3.05) is 46.0 Å². The number of hydrogen-bond donors (Lipinski definition) is 2. The van der Waals surface area contributed by atoms with Crippen molar-refractivity contribution in [3.63, 3.8) is 0 Å². The molecule has 0 aliphatic carbocycles. The summed E-state index contributed by atoms with van der Waals surface area (Å²) in [6.07, 6.45) is 0.653. The number of morpholine rings is 1. The van der Waals surface area contributed by atoms with Gasteiger partial charge < -0.3 is 19.5 Å². The van der Waals surface area contributed by atoms with Gasteiger partial charge in [-0.15, -0.1) is 0 Å². The molecule has 0 spiro atoms. The van der Waals surface area contributed by atoms with Gasteiger partial charge in [0, 0.05) is 39.6 Å². The fourth-order valence-corrected chi connectivity index (χ4v) is 4.90. The van der Waals surface area contributed by atoms with Crippen molar-refractivity contribution in [2.45, 2.75) is 57.8 Å². The summed E-state index contributed by atoms with van der Waals surface area (Å²) >= 11 is 0. The Hall–Kier alpha value is -3.22. The van der Waals surface area contributed by atoms with Crippen LogP contribution >= 0.6 is 0 Å². The average molecular weight is 546 g/mol. The first kappa shape index (κ1) is 28.8. The van der Waals surface area contributed by atoms with Gasteiger partial charge in [0.2, 0.25) is 11.8 Å². The first-order chi connectivity index (χ1) is 18.5. The van der Waals surface area contributed by atoms with Crippen LogP contribution in [0.1, 0.15) is 45.2 Å². The molecule has 0 bridgehead atoms. The molecule has 39 heavy (non-hydrogen) atoms. The lowest BCUT2D eigenvalue weighted by Gasteiger charge is -2.33. The van der Waals surface area contributed by atoms with Crippen molar-refractivity contribution >= 4 is 28.9 Å². The van der Waals surface area contributed by atoms with E-state index in [1.54, 1.807) is 7.05 Å². The summed E-state index contributed by atoms with van der Waals surface area (Å²) in [6.45, 7) is 9.83. The van der Waals surface area contributed by atoms with Crippen molar-refractivity contribution in [1.82, 2.24) is 24.7 Å². The standard InChI is InChI=1S/C27H39N5O7/c1-27(2,3)39-25(35)28-16-19-17-31(11-14-38-19)10-13-37-12-9-18-5-6-20-22(15-18)30(4)26(36)32(20)21-7-8-23(33)29-24(21)34/h5-6,15,19,21H,7-14,16-17H2,1-4H3,(H,28,35)(H,29,33,34)/t19-,21?/m0/s1. The monoisotopic (exact) mass is 545 g/mol. The summed E-state index contributed by atoms with van der Waals surface area (Å²) in [7, 11) is 1.69. The van der Waals surface area contributed by atoms with E-state index >= 15 is 0 Å². The zero-order valence-electron chi connectivity index (χ0n) is 23.2. The number of fused-ring (bicyclic) bond motifs is 1. The third-order valence-corrected chi connectivity index (χ3v) is 6.86. The molecule has 3 heterocycles. The maximum atomic E-state index is 12.9. The number of alkyl carbamates (subject to hydrolysis) is 1. The number of amides is 3. The van der Waals surface area contributed by atoms with Crippen LogP contribution in [0.5, 0.6) is 0 Å². The van der Waals surface area contributed by atoms with Crippen molar-refractivity contribution in [3.05, 3.63) is 34.2 Å². The Kier molecular flexibility index (Phi) is 9.08. The third-order valence-electron chi connectivity index (χ3n) is 6.86. The number of nitrogens with one attached hydrogen (secondary N) is 2. The molecule has 3 amide bonds. The minimum Gasteiger partial charge on any atom is -0.444 e. The second-order valence-electron chi connectivity index (χ2n) is 11.0. The third kappa shape index (κ3) is 7.46. The molecule has 2 aromatic rings. The lowest BCUT2D eigenvalue weighted by molar-refractivity contribution is -0.135. The van der Waals surface area contributed by atoms with Gasteiger partial charge >= 0.3 is 11.8 Å². The Balaban J connectivity index is 1.23. The number of piperidine rings is 1. The van der Waals surface area contributed by atoms with E-state index in [2.05, 4.69) is 15.5 Å². The highest BCUT2D eigenvalue weighted by molar-refractivity contribution is 6.00. The van der Waals surface area contributed by atoms with E-state index in [0.717, 1.165) is 24.2 Å². The highest BCUT2D eigenvalue weighted by Crippen LogP contribution is 2.24. The molecule has 2 atom stereocenters. The lowest BCUT2D eigenvalue weighted by Crippen LogP contribution is -2.48. The molecule has 0 radical (unpaired) electrons. The predicted molar refractivity (Wildman–Crippen MR) is 144 cm³/mol. The normalized spacial score (nSPS) is 20.7. The van der Waals surface area contributed by atoms with Crippen molar-refractivity contribution in [1.29, 1.82) is 0 Å². The Bertz CT molecular complexity index is 1260. The molecule has 1 aromatic carbocycles. The Morgan fingerprint density at radius 2 is 1.97 bits per heavy atom. The largest absolute Gasteiger partial charge is 0.444 e. The Morgan fingerprint density at radius 3 is 2.72 bits per heavy atom. The zero-order chi connectivity index (χ0) is 28.2. The number of hydrogen-bond acceptors (Lipinski definition) is 8. The summed E-state index contributed by atoms with van der Waals surface area (Å²) in [5.41, 5.74) is 1.62. The molecule has 0 saturated carbocycles. The first-order valence-electron chi connectivity index (χ1n) is 13.4. The van der Waals surface area contributed by atoms with Gasteiger partial charge in [-0.3, -0.25) is 28.9 Å². The van der Waals surface area contributed by atoms with Gasteiger partial charge in [-0.25, -0.2) is 9.59 Å². The second kappa shape index (κ2) is 12.3. The summed E-state index contributed by atoms with van der Waals surface area (Å²) < 4.78 is 19.9. The molecule has 4 rings (SSSR count). The SMILES string of the molecule is Cn1c(=O)n(C2CCC(=O)NC2=O)c2ccc(CCOCCN3CCO[C@@H](CNC(=O)OC(C)(C)C)C3)cc21. The molecular weight excluding hydrogens is 506 g/mol. The summed E-state index contributed by atoms with van der Waals surface area (Å²) in [6, 6.07) is 5.06. The highest BCUT2D eigenvalue weighted by Gasteiger charge is 2.31. The van der Waals surface area contributed by atoms with Crippen LogP contribution in [0.25, 0.3) is 11.0 Å². The van der Waals surface area contributed by atoms with E-state index in [4.69, 9.17) is 14.2 Å². The number of aromatic nitrogens is 2. The van der Waals surface area contributed by atoms with Crippen LogP contribution in [-0.4, -0.2) is 89.6 Å². The van der Waals surface area contributed by atoms with Gasteiger partial charge in [0.25, 0.3) is 0 Å². The number of nitrogens with zero attached hydrogens (tertiary/aromatic N) is 3. The van der Waals surface area contributed by atoms with Crippen LogP contribution in [0.15, 0.2) is 23.0 Å². The molecular formula is C27H39N5O7. The molecule has 214 valence electrons. The zero-order valence-corrected chi connectivity index (χ0v) is 23.2. The molecule has 2 fully saturated rings. The number of carbonyl (C=O) groups is 3. The fourth-order valence-electron chi connectivity index (χ4n) is 4.90. The van der Waals surface area contributed by atoms with E-state index in [1.807, 2.05) is 39.0 Å². The molecule has 2 aliphatic heterocycles. The topological polar surface area (TPSA) is 133 Å². The number of imidazole rings is 1. The van der Waals surface area contributed by atoms with Crippen molar-refractivity contribution in [3.8, 4) is 0 Å². The smallest absolute Gasteiger partial charge is 0.407 e. The number of carbonyl (C=O) groups excluding carboxylic acids is 3. The number of aryl methyl sites for hydroxylation is 1. The van der Waals surface area contributed by atoms with E-state index in [9.17, 15) is 19.2 Å². The van der Waals surface area contributed by atoms with Crippen molar-refractivity contribution in [2.24, 2.45) is 7.05 Å². The van der Waals surface area contributed by atoms with Gasteiger partial charge in [-0.1, -0.05) is 6.07 Å². The van der Waals surface area contributed by atoms with E-state index < -0.39 is 23.6 Å². The molecule has 1 aromatic heterocycles. The first-order valence-corrected chi connectivity index (χ1v) is 13.4. The van der Waals surface area contributed by atoms with Crippen molar-refractivity contribution < 1.29 is 28.6 Å². The van der Waals surface area contributed by atoms with E-state index in [1.165, 1.54) is 9.13 Å². The highest BCUT2D eigenvalue weighted by atomic mass is 16.6. The maximum Gasteiger partial charge on any atom is 0.407 e. The van der Waals surface area contributed by atoms with Crippen LogP contribution in [0.3, 0.4) is 0 Å². The number of rotatable bonds is 9. The number of benzene rings is 1. The van der Waals surface area contributed by atoms with Crippen LogP contribution < -0.4 is 16.3 Å². The molecule has 2 aliphatic rings. The van der Waals surface area contributed by atoms with Crippen LogP contribution in [0.2, 0.25) is 0 Å². The van der Waals surface area contributed by atoms with Crippen LogP contribution in [0, 0.1) is 0 Å². The van der Waals surface area contributed by atoms with Gasteiger partial charge in [0.15, 0.2) is 0 Å². The molecule has 2 N–H and O–H groups in total. The quantitative estimate of drug-likeness (QED) is 0.354. The Morgan fingerprint density at radius 1 is 1.18 bits per heavy atom. The van der Waals surface area contributed by atoms with Crippen LogP contribution in [-0.2, 0) is 37.3 Å². The van der Waals surface area contributed by atoms with Gasteiger partial charge in [-0.05, 0) is 51.3 Å². The van der Waals surface area contributed by atoms with E-state index in [0.29, 0.717) is 51.3 Å². The van der Waals surface area contributed by atoms with E-state index in [-0.39, 0.29) is 24.1 Å². The van der Waals surface area contributed by atoms with Gasteiger partial charge in [-0.2, -0.15) is 0 Å². The fraction of sp³-hybridized carbons (Fsp3) is 0.630. The average Bonchev–Trinajstić information content (AvgIpc) is 3.11. The lowest BCUT2D eigenvalue weighted by atomic mass is 10.1. The second-order valence-corrected chi connectivity index (χ2v) is 11.0. The molecule has 2 saturated heterocycles. The molecule has 1 unspecified atom stereocenters. The summed E-state index contributed by atoms with van der Waals surface area (Å²) in [4.78, 5) is 51.0. The summed E-state index contributed by atoms with van der Waals surface area (Å²) in [5, 5.41) is 5.10. The minimum atomic E-state index is -0.694.